The number of carbonyl (C=O) groups excluding carboxylic acids is 1. The number of para-hydroxylation sites is 2. The van der Waals surface area contributed by atoms with Gasteiger partial charge in [-0.3, -0.25) is 9.69 Å². The molecule has 0 bridgehead atoms. The van der Waals surface area contributed by atoms with Crippen molar-refractivity contribution in [3.8, 4) is 11.5 Å². The van der Waals surface area contributed by atoms with Gasteiger partial charge in [0.2, 0.25) is 0 Å². The largest absolute Gasteiger partial charge is 0.497 e. The fourth-order valence-electron chi connectivity index (χ4n) is 2.28. The Morgan fingerprint density at radius 1 is 1.10 bits per heavy atom. The van der Waals surface area contributed by atoms with Crippen LogP contribution in [0.5, 0.6) is 11.5 Å². The second-order valence-corrected chi connectivity index (χ2v) is 4.60. The number of hydrogen-bond donors (Lipinski definition) is 0. The van der Waals surface area contributed by atoms with E-state index in [0.717, 1.165) is 22.9 Å². The lowest BCUT2D eigenvalue weighted by atomic mass is 10.1. The summed E-state index contributed by atoms with van der Waals surface area (Å²) in [4.78, 5) is 14.1. The molecular weight excluding hydrogens is 254 g/mol. The molecule has 1 atom stereocenters. The summed E-state index contributed by atoms with van der Waals surface area (Å²) in [6, 6.07) is 14.9. The lowest BCUT2D eigenvalue weighted by molar-refractivity contribution is -0.124. The van der Waals surface area contributed by atoms with Crippen molar-refractivity contribution in [3.05, 3.63) is 48.5 Å². The number of anilines is 2. The monoisotopic (exact) mass is 269 g/mol. The summed E-state index contributed by atoms with van der Waals surface area (Å²) in [7, 11) is 1.62. The van der Waals surface area contributed by atoms with Crippen LogP contribution >= 0.6 is 0 Å². The van der Waals surface area contributed by atoms with Crippen LogP contribution < -0.4 is 14.4 Å². The van der Waals surface area contributed by atoms with Gasteiger partial charge in [0, 0.05) is 5.69 Å². The maximum absolute atomic E-state index is 12.4. The molecule has 1 aliphatic heterocycles. The number of methoxy groups -OCH3 is 1. The van der Waals surface area contributed by atoms with E-state index < -0.39 is 6.10 Å². The summed E-state index contributed by atoms with van der Waals surface area (Å²) in [6.45, 7) is 1.76. The third-order valence-corrected chi connectivity index (χ3v) is 3.31. The van der Waals surface area contributed by atoms with Gasteiger partial charge in [0.1, 0.15) is 11.5 Å². The molecule has 0 saturated heterocycles. The molecule has 1 unspecified atom stereocenters. The van der Waals surface area contributed by atoms with E-state index in [1.807, 2.05) is 48.5 Å². The van der Waals surface area contributed by atoms with Crippen LogP contribution in [0.3, 0.4) is 0 Å². The number of fused-ring (bicyclic) bond motifs is 1. The molecule has 4 nitrogen and oxygen atoms in total. The number of nitrogens with zero attached hydrogens (tertiary/aromatic N) is 1. The zero-order valence-corrected chi connectivity index (χ0v) is 11.4. The molecule has 0 fully saturated rings. The molecule has 4 heteroatoms. The molecule has 1 heterocycles. The molecule has 0 N–H and O–H groups in total. The van der Waals surface area contributed by atoms with Gasteiger partial charge in [-0.05, 0) is 43.3 Å². The van der Waals surface area contributed by atoms with Crippen molar-refractivity contribution in [2.75, 3.05) is 12.0 Å². The van der Waals surface area contributed by atoms with Gasteiger partial charge in [0.15, 0.2) is 6.10 Å². The minimum absolute atomic E-state index is 0.0751. The molecule has 0 spiro atoms. The molecule has 0 saturated carbocycles. The van der Waals surface area contributed by atoms with Crippen molar-refractivity contribution in [2.45, 2.75) is 13.0 Å². The molecule has 2 aromatic carbocycles. The Hall–Kier alpha value is -2.49. The second-order valence-electron chi connectivity index (χ2n) is 4.60. The predicted octanol–water partition coefficient (Wildman–Crippen LogP) is 3.14. The van der Waals surface area contributed by atoms with Crippen LogP contribution in [0, 0.1) is 0 Å². The molecule has 1 aliphatic rings. The lowest BCUT2D eigenvalue weighted by Gasteiger charge is -2.33. The van der Waals surface area contributed by atoms with Crippen LogP contribution in [0.1, 0.15) is 6.92 Å². The zero-order valence-electron chi connectivity index (χ0n) is 11.4. The van der Waals surface area contributed by atoms with Crippen LogP contribution in [0.15, 0.2) is 48.5 Å². The van der Waals surface area contributed by atoms with Crippen molar-refractivity contribution in [3.63, 3.8) is 0 Å². The van der Waals surface area contributed by atoms with E-state index in [4.69, 9.17) is 9.47 Å². The quantitative estimate of drug-likeness (QED) is 0.840. The summed E-state index contributed by atoms with van der Waals surface area (Å²) >= 11 is 0. The molecular formula is C16H15NO3. The maximum Gasteiger partial charge on any atom is 0.272 e. The molecule has 2 aromatic rings. The lowest BCUT2D eigenvalue weighted by Crippen LogP contribution is -2.41. The van der Waals surface area contributed by atoms with E-state index in [-0.39, 0.29) is 5.91 Å². The fourth-order valence-corrected chi connectivity index (χ4v) is 2.28. The smallest absolute Gasteiger partial charge is 0.272 e. The molecule has 0 aromatic heterocycles. The first kappa shape index (κ1) is 12.5. The Bertz CT molecular complexity index is 636. The van der Waals surface area contributed by atoms with E-state index >= 15 is 0 Å². The van der Waals surface area contributed by atoms with Gasteiger partial charge in [-0.15, -0.1) is 0 Å². The van der Waals surface area contributed by atoms with Crippen LogP contribution in [0.2, 0.25) is 0 Å². The van der Waals surface area contributed by atoms with E-state index in [9.17, 15) is 4.79 Å². The van der Waals surface area contributed by atoms with E-state index in [2.05, 4.69) is 0 Å². The van der Waals surface area contributed by atoms with Crippen molar-refractivity contribution in [1.29, 1.82) is 0 Å². The number of hydrogen-bond acceptors (Lipinski definition) is 3. The standard InChI is InChI=1S/C16H15NO3/c1-11-16(18)17(12-7-9-13(19-2)10-8-12)14-5-3-4-6-15(14)20-11/h3-11H,1-2H3. The minimum atomic E-state index is -0.494. The Morgan fingerprint density at radius 3 is 2.50 bits per heavy atom. The molecule has 102 valence electrons. The number of amides is 1. The van der Waals surface area contributed by atoms with Crippen molar-refractivity contribution < 1.29 is 14.3 Å². The first-order chi connectivity index (χ1) is 9.70. The Morgan fingerprint density at radius 2 is 1.80 bits per heavy atom. The highest BCUT2D eigenvalue weighted by Crippen LogP contribution is 2.38. The average molecular weight is 269 g/mol. The Balaban J connectivity index is 2.08. The van der Waals surface area contributed by atoms with Gasteiger partial charge >= 0.3 is 0 Å². The van der Waals surface area contributed by atoms with Crippen LogP contribution in [-0.4, -0.2) is 19.1 Å². The summed E-state index contributed by atoms with van der Waals surface area (Å²) in [5.41, 5.74) is 1.57. The van der Waals surface area contributed by atoms with Crippen LogP contribution in [-0.2, 0) is 4.79 Å². The third-order valence-electron chi connectivity index (χ3n) is 3.31. The topological polar surface area (TPSA) is 38.8 Å². The first-order valence-corrected chi connectivity index (χ1v) is 6.44. The van der Waals surface area contributed by atoms with E-state index in [1.54, 1.807) is 18.9 Å². The molecule has 3 rings (SSSR count). The number of ether oxygens (including phenoxy) is 2. The number of carbonyl (C=O) groups is 1. The zero-order chi connectivity index (χ0) is 14.1. The summed E-state index contributed by atoms with van der Waals surface area (Å²) in [5.74, 6) is 1.40. The highest BCUT2D eigenvalue weighted by molar-refractivity contribution is 6.05. The Labute approximate surface area is 117 Å². The van der Waals surface area contributed by atoms with Crippen molar-refractivity contribution >= 4 is 17.3 Å². The minimum Gasteiger partial charge on any atom is -0.497 e. The van der Waals surface area contributed by atoms with Crippen LogP contribution in [0.4, 0.5) is 11.4 Å². The van der Waals surface area contributed by atoms with Gasteiger partial charge in [-0.25, -0.2) is 0 Å². The average Bonchev–Trinajstić information content (AvgIpc) is 2.49. The fraction of sp³-hybridized carbons (Fsp3) is 0.188. The molecule has 0 radical (unpaired) electrons. The number of benzene rings is 2. The Kier molecular flexibility index (Phi) is 3.06. The maximum atomic E-state index is 12.4. The molecule has 20 heavy (non-hydrogen) atoms. The summed E-state index contributed by atoms with van der Waals surface area (Å²) < 4.78 is 10.8. The first-order valence-electron chi connectivity index (χ1n) is 6.44. The molecule has 1 amide bonds. The predicted molar refractivity (Wildman–Crippen MR) is 76.7 cm³/mol. The summed E-state index contributed by atoms with van der Waals surface area (Å²) in [5, 5.41) is 0. The third kappa shape index (κ3) is 1.99. The van der Waals surface area contributed by atoms with Gasteiger partial charge in [-0.1, -0.05) is 12.1 Å². The van der Waals surface area contributed by atoms with Crippen molar-refractivity contribution in [1.82, 2.24) is 0 Å². The summed E-state index contributed by atoms with van der Waals surface area (Å²) in [6.07, 6.45) is -0.494. The number of rotatable bonds is 2. The van der Waals surface area contributed by atoms with Gasteiger partial charge in [0.25, 0.3) is 5.91 Å². The highest BCUT2D eigenvalue weighted by atomic mass is 16.5. The van der Waals surface area contributed by atoms with Gasteiger partial charge in [-0.2, -0.15) is 0 Å². The van der Waals surface area contributed by atoms with E-state index in [1.165, 1.54) is 0 Å². The van der Waals surface area contributed by atoms with Crippen molar-refractivity contribution in [2.24, 2.45) is 0 Å². The van der Waals surface area contributed by atoms with Gasteiger partial charge < -0.3 is 9.47 Å². The normalized spacial score (nSPS) is 17.4. The van der Waals surface area contributed by atoms with Gasteiger partial charge in [0.05, 0.1) is 12.8 Å². The molecule has 0 aliphatic carbocycles. The van der Waals surface area contributed by atoms with E-state index in [0.29, 0.717) is 0 Å². The SMILES string of the molecule is COc1ccc(N2C(=O)C(C)Oc3ccccc32)cc1. The van der Waals surface area contributed by atoms with Crippen LogP contribution in [0.25, 0.3) is 0 Å². The second kappa shape index (κ2) is 4.89. The highest BCUT2D eigenvalue weighted by Gasteiger charge is 2.32.